The van der Waals surface area contributed by atoms with Crippen molar-refractivity contribution >= 4 is 17.2 Å². The lowest BCUT2D eigenvalue weighted by Gasteiger charge is -2.13. The maximum absolute atomic E-state index is 4.37. The van der Waals surface area contributed by atoms with Gasteiger partial charge in [-0.3, -0.25) is 0 Å². The monoisotopic (exact) mass is 233 g/mol. The molecule has 1 unspecified atom stereocenters. The third kappa shape index (κ3) is 2.58. The molecule has 0 aromatic carbocycles. The summed E-state index contributed by atoms with van der Waals surface area (Å²) >= 11 is 1.75. The van der Waals surface area contributed by atoms with E-state index in [0.717, 1.165) is 17.3 Å². The Balaban J connectivity index is 2.15. The van der Waals surface area contributed by atoms with Crippen LogP contribution in [0.4, 0.5) is 5.82 Å². The number of aryl methyl sites for hydroxylation is 2. The van der Waals surface area contributed by atoms with Crippen LogP contribution in [0.25, 0.3) is 0 Å². The molecule has 0 aliphatic carbocycles. The molecule has 0 spiro atoms. The van der Waals surface area contributed by atoms with Crippen molar-refractivity contribution < 1.29 is 0 Å². The van der Waals surface area contributed by atoms with Crippen LogP contribution in [0, 0.1) is 13.8 Å². The quantitative estimate of drug-likeness (QED) is 0.883. The first-order valence-corrected chi connectivity index (χ1v) is 6.15. The highest BCUT2D eigenvalue weighted by Crippen LogP contribution is 2.22. The minimum absolute atomic E-state index is 0.286. The standard InChI is InChI=1S/C12H15N3S/c1-8-7-12(15-10(3)13-8)14-9(2)11-5-4-6-16-11/h4-7,9H,1-3H3,(H,13,14,15). The molecule has 84 valence electrons. The van der Waals surface area contributed by atoms with Crippen LogP contribution in [0.2, 0.25) is 0 Å². The second-order valence-electron chi connectivity index (χ2n) is 3.82. The molecular weight excluding hydrogens is 218 g/mol. The maximum atomic E-state index is 4.37. The summed E-state index contributed by atoms with van der Waals surface area (Å²) in [6, 6.07) is 6.45. The molecular formula is C12H15N3S. The molecule has 0 radical (unpaired) electrons. The van der Waals surface area contributed by atoms with Gasteiger partial charge >= 0.3 is 0 Å². The number of rotatable bonds is 3. The molecule has 0 amide bonds. The Labute approximate surface area is 99.6 Å². The summed E-state index contributed by atoms with van der Waals surface area (Å²) in [4.78, 5) is 9.94. The summed E-state index contributed by atoms with van der Waals surface area (Å²) in [5.41, 5.74) is 0.994. The van der Waals surface area contributed by atoms with E-state index in [4.69, 9.17) is 0 Å². The fourth-order valence-electron chi connectivity index (χ4n) is 1.62. The minimum Gasteiger partial charge on any atom is -0.363 e. The summed E-state index contributed by atoms with van der Waals surface area (Å²) in [5, 5.41) is 5.47. The Morgan fingerprint density at radius 2 is 2.12 bits per heavy atom. The lowest BCUT2D eigenvalue weighted by molar-refractivity contribution is 0.882. The third-order valence-corrected chi connectivity index (χ3v) is 3.36. The van der Waals surface area contributed by atoms with Gasteiger partial charge in [-0.2, -0.15) is 0 Å². The van der Waals surface area contributed by atoms with Gasteiger partial charge in [0, 0.05) is 16.6 Å². The van der Waals surface area contributed by atoms with Gasteiger partial charge in [-0.05, 0) is 32.2 Å². The molecule has 2 heterocycles. The first-order chi connectivity index (χ1) is 7.65. The smallest absolute Gasteiger partial charge is 0.130 e. The highest BCUT2D eigenvalue weighted by atomic mass is 32.1. The van der Waals surface area contributed by atoms with Crippen molar-refractivity contribution in [3.63, 3.8) is 0 Å². The largest absolute Gasteiger partial charge is 0.363 e. The highest BCUT2D eigenvalue weighted by Gasteiger charge is 2.07. The molecule has 0 aliphatic heterocycles. The van der Waals surface area contributed by atoms with E-state index in [1.165, 1.54) is 4.88 Å². The molecule has 0 aliphatic rings. The zero-order valence-electron chi connectivity index (χ0n) is 9.69. The van der Waals surface area contributed by atoms with Crippen LogP contribution in [0.5, 0.6) is 0 Å². The van der Waals surface area contributed by atoms with Crippen LogP contribution in [0.1, 0.15) is 29.4 Å². The van der Waals surface area contributed by atoms with E-state index in [-0.39, 0.29) is 6.04 Å². The molecule has 2 rings (SSSR count). The Kier molecular flexibility index (Phi) is 3.19. The Bertz CT molecular complexity index is 445. The Hall–Kier alpha value is -1.42. The highest BCUT2D eigenvalue weighted by molar-refractivity contribution is 7.10. The van der Waals surface area contributed by atoms with E-state index in [0.29, 0.717) is 0 Å². The zero-order valence-corrected chi connectivity index (χ0v) is 10.5. The van der Waals surface area contributed by atoms with Crippen molar-refractivity contribution in [2.75, 3.05) is 5.32 Å². The number of hydrogen-bond acceptors (Lipinski definition) is 4. The van der Waals surface area contributed by atoms with Crippen molar-refractivity contribution in [1.29, 1.82) is 0 Å². The second-order valence-corrected chi connectivity index (χ2v) is 4.80. The molecule has 1 N–H and O–H groups in total. The summed E-state index contributed by atoms with van der Waals surface area (Å²) in [6.07, 6.45) is 0. The Morgan fingerprint density at radius 3 is 2.75 bits per heavy atom. The summed E-state index contributed by atoms with van der Waals surface area (Å²) < 4.78 is 0. The predicted molar refractivity (Wildman–Crippen MR) is 67.9 cm³/mol. The molecule has 2 aromatic heterocycles. The van der Waals surface area contributed by atoms with Gasteiger partial charge in [0.25, 0.3) is 0 Å². The first-order valence-electron chi connectivity index (χ1n) is 5.27. The predicted octanol–water partition coefficient (Wildman–Crippen LogP) is 3.33. The van der Waals surface area contributed by atoms with Gasteiger partial charge in [-0.25, -0.2) is 9.97 Å². The van der Waals surface area contributed by atoms with E-state index in [1.54, 1.807) is 11.3 Å². The minimum atomic E-state index is 0.286. The first kappa shape index (κ1) is 11.1. The SMILES string of the molecule is Cc1cc(NC(C)c2cccs2)nc(C)n1. The van der Waals surface area contributed by atoms with Crippen molar-refractivity contribution in [2.24, 2.45) is 0 Å². The van der Waals surface area contributed by atoms with E-state index in [9.17, 15) is 0 Å². The van der Waals surface area contributed by atoms with Gasteiger partial charge in [0.05, 0.1) is 6.04 Å². The average Bonchev–Trinajstić information content (AvgIpc) is 2.68. The molecule has 0 bridgehead atoms. The van der Waals surface area contributed by atoms with Crippen LogP contribution in [0.15, 0.2) is 23.6 Å². The van der Waals surface area contributed by atoms with Gasteiger partial charge in [-0.15, -0.1) is 11.3 Å². The van der Waals surface area contributed by atoms with E-state index >= 15 is 0 Å². The molecule has 2 aromatic rings. The van der Waals surface area contributed by atoms with Crippen LogP contribution in [0.3, 0.4) is 0 Å². The topological polar surface area (TPSA) is 37.8 Å². The number of nitrogens with one attached hydrogen (secondary N) is 1. The van der Waals surface area contributed by atoms with Crippen LogP contribution in [-0.4, -0.2) is 9.97 Å². The van der Waals surface area contributed by atoms with Gasteiger partial charge in [-0.1, -0.05) is 6.07 Å². The molecule has 3 nitrogen and oxygen atoms in total. The van der Waals surface area contributed by atoms with Crippen molar-refractivity contribution in [2.45, 2.75) is 26.8 Å². The van der Waals surface area contributed by atoms with Gasteiger partial charge in [0.15, 0.2) is 0 Å². The normalized spacial score (nSPS) is 12.4. The summed E-state index contributed by atoms with van der Waals surface area (Å²) in [5.74, 6) is 1.70. The fourth-order valence-corrected chi connectivity index (χ4v) is 2.36. The van der Waals surface area contributed by atoms with Crippen molar-refractivity contribution in [3.8, 4) is 0 Å². The molecule has 0 fully saturated rings. The van der Waals surface area contributed by atoms with Crippen LogP contribution < -0.4 is 5.32 Å². The number of thiophene rings is 1. The third-order valence-electron chi connectivity index (χ3n) is 2.30. The number of hydrogen-bond donors (Lipinski definition) is 1. The van der Waals surface area contributed by atoms with Gasteiger partial charge < -0.3 is 5.32 Å². The zero-order chi connectivity index (χ0) is 11.5. The van der Waals surface area contributed by atoms with Crippen LogP contribution in [-0.2, 0) is 0 Å². The summed E-state index contributed by atoms with van der Waals surface area (Å²) in [7, 11) is 0. The fraction of sp³-hybridized carbons (Fsp3) is 0.333. The maximum Gasteiger partial charge on any atom is 0.130 e. The van der Waals surface area contributed by atoms with Crippen molar-refractivity contribution in [1.82, 2.24) is 9.97 Å². The number of nitrogens with zero attached hydrogens (tertiary/aromatic N) is 2. The van der Waals surface area contributed by atoms with E-state index < -0.39 is 0 Å². The number of anilines is 1. The van der Waals surface area contributed by atoms with E-state index in [2.05, 4.69) is 39.7 Å². The average molecular weight is 233 g/mol. The molecule has 0 saturated carbocycles. The van der Waals surface area contributed by atoms with Crippen LogP contribution >= 0.6 is 11.3 Å². The van der Waals surface area contributed by atoms with Gasteiger partial charge in [0.2, 0.25) is 0 Å². The molecule has 4 heteroatoms. The molecule has 16 heavy (non-hydrogen) atoms. The van der Waals surface area contributed by atoms with Gasteiger partial charge in [0.1, 0.15) is 11.6 Å². The van der Waals surface area contributed by atoms with E-state index in [1.807, 2.05) is 19.9 Å². The Morgan fingerprint density at radius 1 is 1.31 bits per heavy atom. The molecule has 1 atom stereocenters. The second kappa shape index (κ2) is 4.61. The number of aromatic nitrogens is 2. The molecule has 0 saturated heterocycles. The summed E-state index contributed by atoms with van der Waals surface area (Å²) in [6.45, 7) is 6.03. The van der Waals surface area contributed by atoms with Crippen molar-refractivity contribution in [3.05, 3.63) is 40.0 Å². The lowest BCUT2D eigenvalue weighted by Crippen LogP contribution is -2.07. The lowest BCUT2D eigenvalue weighted by atomic mass is 10.2.